The monoisotopic (exact) mass is 448 g/mol. The van der Waals surface area contributed by atoms with Crippen LogP contribution in [0.3, 0.4) is 0 Å². The van der Waals surface area contributed by atoms with Crippen LogP contribution >= 0.6 is 12.4 Å². The van der Waals surface area contributed by atoms with Gasteiger partial charge in [0.15, 0.2) is 5.78 Å². The van der Waals surface area contributed by atoms with Gasteiger partial charge >= 0.3 is 7.12 Å². The van der Waals surface area contributed by atoms with E-state index in [0.717, 1.165) is 11.1 Å². The summed E-state index contributed by atoms with van der Waals surface area (Å²) in [5.41, 5.74) is 2.12. The quantitative estimate of drug-likeness (QED) is 0.327. The number of aromatic nitrogens is 1. The molecule has 0 spiro atoms. The number of carbonyl (C=O) groups is 2. The van der Waals surface area contributed by atoms with Crippen molar-refractivity contribution < 1.29 is 24.7 Å². The van der Waals surface area contributed by atoms with Crippen LogP contribution in [-0.4, -0.2) is 51.0 Å². The topological polar surface area (TPSA) is 120 Å². The molecule has 0 fully saturated rings. The Bertz CT molecular complexity index is 849. The summed E-state index contributed by atoms with van der Waals surface area (Å²) in [5, 5.41) is 31.7. The fraction of sp³-hybridized carbons (Fsp3) is 0.409. The molecule has 1 heterocycles. The molecule has 31 heavy (non-hydrogen) atoms. The van der Waals surface area contributed by atoms with Crippen molar-refractivity contribution in [2.45, 2.75) is 45.7 Å². The minimum atomic E-state index is -1.72. The first-order chi connectivity index (χ1) is 14.2. The lowest BCUT2D eigenvalue weighted by molar-refractivity contribution is -0.128. The smallest absolute Gasteiger partial charge is 0.426 e. The molecule has 3 atom stereocenters. The Morgan fingerprint density at radius 2 is 1.77 bits per heavy atom. The lowest BCUT2D eigenvalue weighted by atomic mass is 9.74. The molecule has 0 aliphatic rings. The fourth-order valence-electron chi connectivity index (χ4n) is 3.26. The molecule has 0 radical (unpaired) electrons. The van der Waals surface area contributed by atoms with Crippen LogP contribution in [0.2, 0.25) is 0 Å². The van der Waals surface area contributed by atoms with E-state index >= 15 is 0 Å². The van der Waals surface area contributed by atoms with Crippen molar-refractivity contribution in [3.63, 3.8) is 0 Å². The minimum Gasteiger partial charge on any atom is -0.426 e. The van der Waals surface area contributed by atoms with Crippen molar-refractivity contribution in [3.05, 3.63) is 54.4 Å². The fourth-order valence-corrected chi connectivity index (χ4v) is 3.26. The summed E-state index contributed by atoms with van der Waals surface area (Å²) in [6.45, 7) is 5.23. The predicted molar refractivity (Wildman–Crippen MR) is 123 cm³/mol. The second-order valence-electron chi connectivity index (χ2n) is 7.96. The van der Waals surface area contributed by atoms with Crippen molar-refractivity contribution >= 4 is 31.2 Å². The van der Waals surface area contributed by atoms with Gasteiger partial charge < -0.3 is 20.5 Å². The number of ketones is 1. The van der Waals surface area contributed by atoms with Gasteiger partial charge in [-0.2, -0.15) is 0 Å². The second-order valence-corrected chi connectivity index (χ2v) is 7.96. The van der Waals surface area contributed by atoms with E-state index in [1.165, 1.54) is 6.92 Å². The number of hydrogen-bond donors (Lipinski definition) is 4. The lowest BCUT2D eigenvalue weighted by Gasteiger charge is -2.24. The summed E-state index contributed by atoms with van der Waals surface area (Å²) in [6, 6.07) is 10.7. The van der Waals surface area contributed by atoms with Crippen LogP contribution < -0.4 is 5.32 Å². The first-order valence-corrected chi connectivity index (χ1v) is 10.1. The van der Waals surface area contributed by atoms with Crippen molar-refractivity contribution in [2.24, 2.45) is 11.8 Å². The van der Waals surface area contributed by atoms with Crippen molar-refractivity contribution in [1.82, 2.24) is 10.3 Å². The van der Waals surface area contributed by atoms with E-state index in [0.29, 0.717) is 12.0 Å². The second kappa shape index (κ2) is 12.6. The Morgan fingerprint density at radius 3 is 2.32 bits per heavy atom. The zero-order chi connectivity index (χ0) is 22.3. The maximum atomic E-state index is 12.8. The minimum absolute atomic E-state index is 0. The third kappa shape index (κ3) is 8.07. The van der Waals surface area contributed by atoms with Crippen molar-refractivity contribution in [3.8, 4) is 11.1 Å². The maximum Gasteiger partial charge on any atom is 0.475 e. The third-order valence-corrected chi connectivity index (χ3v) is 4.92. The Labute approximate surface area is 189 Å². The molecule has 7 nitrogen and oxygen atoms in total. The number of carbonyl (C=O) groups excluding carboxylic acids is 2. The molecule has 0 saturated heterocycles. The van der Waals surface area contributed by atoms with Gasteiger partial charge in [-0.25, -0.2) is 0 Å². The normalized spacial score (nSPS) is 13.6. The number of aliphatic hydroxyl groups is 1. The van der Waals surface area contributed by atoms with Crippen LogP contribution in [0.15, 0.2) is 48.8 Å². The average molecular weight is 449 g/mol. The average Bonchev–Trinajstić information content (AvgIpc) is 2.71. The standard InChI is InChI=1S/C22H29BN2O5.ClH/c1-14(2)10-21(23(29)30)25-22(28)19(15(3)26)12-20(27)17-7-4-6-16(11-17)18-8-5-9-24-13-18;/h4-9,11,13-15,19,21,26,29-30H,10,12H2,1-3H3,(H,25,28);1H/t15-,19+,21+;/m1./s1. The van der Waals surface area contributed by atoms with Gasteiger partial charge in [0.2, 0.25) is 5.91 Å². The van der Waals surface area contributed by atoms with E-state index in [1.54, 1.807) is 36.7 Å². The molecular weight excluding hydrogens is 419 g/mol. The van der Waals surface area contributed by atoms with E-state index in [2.05, 4.69) is 10.3 Å². The zero-order valence-electron chi connectivity index (χ0n) is 17.9. The van der Waals surface area contributed by atoms with Crippen LogP contribution in [0.4, 0.5) is 0 Å². The highest BCUT2D eigenvalue weighted by Crippen LogP contribution is 2.22. The van der Waals surface area contributed by atoms with Crippen molar-refractivity contribution in [2.75, 3.05) is 0 Å². The van der Waals surface area contributed by atoms with Crippen LogP contribution in [0.1, 0.15) is 44.0 Å². The molecule has 1 amide bonds. The zero-order valence-corrected chi connectivity index (χ0v) is 18.7. The van der Waals surface area contributed by atoms with E-state index in [1.807, 2.05) is 26.0 Å². The van der Waals surface area contributed by atoms with Gasteiger partial charge in [-0.15, -0.1) is 12.4 Å². The summed E-state index contributed by atoms with van der Waals surface area (Å²) >= 11 is 0. The SMILES string of the molecule is CC(C)C[C@H](NC(=O)[C@@H](CC(=O)c1cccc(-c2cccnc2)c1)[C@@H](C)O)B(O)O.Cl. The number of hydrogen-bond acceptors (Lipinski definition) is 6. The molecule has 1 aromatic carbocycles. The highest BCUT2D eigenvalue weighted by atomic mass is 35.5. The number of pyridine rings is 1. The molecule has 0 saturated carbocycles. The molecule has 1 aromatic heterocycles. The molecule has 168 valence electrons. The van der Waals surface area contributed by atoms with Crippen LogP contribution in [0.25, 0.3) is 11.1 Å². The Morgan fingerprint density at radius 1 is 1.10 bits per heavy atom. The largest absolute Gasteiger partial charge is 0.475 e. The first-order valence-electron chi connectivity index (χ1n) is 10.1. The van der Waals surface area contributed by atoms with Gasteiger partial charge in [0, 0.05) is 29.9 Å². The first kappa shape index (κ1) is 26.8. The summed E-state index contributed by atoms with van der Waals surface area (Å²) in [7, 11) is -1.72. The van der Waals surface area contributed by atoms with Crippen LogP contribution in [0, 0.1) is 11.8 Å². The number of halogens is 1. The lowest BCUT2D eigenvalue weighted by Crippen LogP contribution is -2.50. The van der Waals surface area contributed by atoms with E-state index in [-0.39, 0.29) is 30.5 Å². The summed E-state index contributed by atoms with van der Waals surface area (Å²) < 4.78 is 0. The Kier molecular flexibility index (Phi) is 10.9. The molecular formula is C22H30BClN2O5. The molecule has 0 aliphatic carbocycles. The number of amides is 1. The van der Waals surface area contributed by atoms with Gasteiger partial charge in [-0.05, 0) is 37.0 Å². The summed E-state index contributed by atoms with van der Waals surface area (Å²) in [4.78, 5) is 29.6. The van der Waals surface area contributed by atoms with Gasteiger partial charge in [0.05, 0.1) is 18.0 Å². The highest BCUT2D eigenvalue weighted by molar-refractivity contribution is 6.43. The summed E-state index contributed by atoms with van der Waals surface area (Å²) in [6.07, 6.45) is 2.45. The van der Waals surface area contributed by atoms with Gasteiger partial charge in [-0.1, -0.05) is 38.1 Å². The molecule has 0 unspecified atom stereocenters. The molecule has 4 N–H and O–H groups in total. The Hall–Kier alpha value is -2.26. The molecule has 0 bridgehead atoms. The van der Waals surface area contributed by atoms with E-state index in [9.17, 15) is 24.7 Å². The summed E-state index contributed by atoms with van der Waals surface area (Å²) in [5.74, 6) is -2.62. The molecule has 0 aliphatic heterocycles. The molecule has 2 aromatic rings. The number of benzene rings is 1. The molecule has 9 heteroatoms. The van der Waals surface area contributed by atoms with Gasteiger partial charge in [0.1, 0.15) is 0 Å². The van der Waals surface area contributed by atoms with Crippen molar-refractivity contribution in [1.29, 1.82) is 0 Å². The number of nitrogens with zero attached hydrogens (tertiary/aromatic N) is 1. The number of rotatable bonds is 10. The van der Waals surface area contributed by atoms with Crippen LogP contribution in [-0.2, 0) is 4.79 Å². The Balaban J connectivity index is 0.00000480. The third-order valence-electron chi connectivity index (χ3n) is 4.92. The van der Waals surface area contributed by atoms with Gasteiger partial charge in [0.25, 0.3) is 0 Å². The number of Topliss-reactive ketones (excluding diaryl/α,β-unsaturated/α-hetero) is 1. The molecule has 2 rings (SSSR count). The maximum absolute atomic E-state index is 12.8. The van der Waals surface area contributed by atoms with E-state index in [4.69, 9.17) is 0 Å². The highest BCUT2D eigenvalue weighted by Gasteiger charge is 2.32. The number of aliphatic hydroxyl groups excluding tert-OH is 1. The predicted octanol–water partition coefficient (Wildman–Crippen LogP) is 2.28. The van der Waals surface area contributed by atoms with Crippen LogP contribution in [0.5, 0.6) is 0 Å². The van der Waals surface area contributed by atoms with E-state index < -0.39 is 31.0 Å². The number of nitrogens with one attached hydrogen (secondary N) is 1. The van der Waals surface area contributed by atoms with Gasteiger partial charge in [-0.3, -0.25) is 14.6 Å².